The fourth-order valence-corrected chi connectivity index (χ4v) is 8.99. The molecule has 0 spiro atoms. The Morgan fingerprint density at radius 2 is 1.92 bits per heavy atom. The van der Waals surface area contributed by atoms with E-state index in [-0.39, 0.29) is 6.04 Å². The zero-order valence-corrected chi connectivity index (χ0v) is 24.6. The van der Waals surface area contributed by atoms with Crippen molar-refractivity contribution in [2.75, 3.05) is 17.4 Å². The number of likely N-dealkylation sites (tertiary alicyclic amines) is 1. The van der Waals surface area contributed by atoms with Crippen LogP contribution in [0, 0.1) is 11.3 Å². The summed E-state index contributed by atoms with van der Waals surface area (Å²) in [7, 11) is -3.67. The molecule has 6 nitrogen and oxygen atoms in total. The van der Waals surface area contributed by atoms with Gasteiger partial charge in [0.2, 0.25) is 0 Å². The summed E-state index contributed by atoms with van der Waals surface area (Å²) in [5, 5.41) is 3.70. The van der Waals surface area contributed by atoms with Crippen LogP contribution >= 0.6 is 22.7 Å². The molecule has 1 aliphatic heterocycles. The Morgan fingerprint density at radius 3 is 2.57 bits per heavy atom. The standard InChI is InChI=1S/C28H36N4O2S3/c1-19(2)32(37(33,34)25-10-7-15-35-25)24-9-6-8-20-16-23(30-26(20)24)27-29-17-22(36-27)18-31-13-11-21(12-14-31)28(3,4)5/h6-10,15-17,19,21,30H,11-14,18H2,1-5H3. The van der Waals surface area contributed by atoms with Crippen molar-refractivity contribution in [3.63, 3.8) is 0 Å². The number of piperidine rings is 1. The monoisotopic (exact) mass is 556 g/mol. The number of aromatic amines is 1. The van der Waals surface area contributed by atoms with Crippen LogP contribution in [-0.4, -0.2) is 42.4 Å². The number of thiophene rings is 1. The summed E-state index contributed by atoms with van der Waals surface area (Å²) in [4.78, 5) is 12.0. The molecule has 1 saturated heterocycles. The number of aromatic nitrogens is 2. The van der Waals surface area contributed by atoms with Crippen molar-refractivity contribution in [3.8, 4) is 10.7 Å². The molecule has 0 bridgehead atoms. The second kappa shape index (κ2) is 10.2. The van der Waals surface area contributed by atoms with Crippen molar-refractivity contribution in [2.24, 2.45) is 11.3 Å². The van der Waals surface area contributed by atoms with Crippen LogP contribution in [0.15, 0.2) is 52.2 Å². The SMILES string of the molecule is CC(C)N(c1cccc2cc(-c3ncc(CN4CCC(C(C)(C)C)CC4)s3)[nH]c12)S(=O)(=O)c1cccs1. The number of fused-ring (bicyclic) bond motifs is 1. The van der Waals surface area contributed by atoms with Gasteiger partial charge in [0.15, 0.2) is 0 Å². The van der Waals surface area contributed by atoms with Gasteiger partial charge in [0, 0.05) is 29.0 Å². The number of anilines is 1. The van der Waals surface area contributed by atoms with E-state index >= 15 is 0 Å². The lowest BCUT2D eigenvalue weighted by Crippen LogP contribution is -2.37. The minimum atomic E-state index is -3.67. The van der Waals surface area contributed by atoms with Gasteiger partial charge >= 0.3 is 0 Å². The Morgan fingerprint density at radius 1 is 1.16 bits per heavy atom. The smallest absolute Gasteiger partial charge is 0.274 e. The third-order valence-corrected chi connectivity index (χ3v) is 11.7. The lowest BCUT2D eigenvalue weighted by molar-refractivity contribution is 0.108. The Balaban J connectivity index is 1.39. The lowest BCUT2D eigenvalue weighted by atomic mass is 9.75. The molecule has 3 aromatic heterocycles. The van der Waals surface area contributed by atoms with E-state index in [2.05, 4.69) is 36.7 Å². The number of thiazole rings is 1. The fraction of sp³-hybridized carbons (Fsp3) is 0.464. The van der Waals surface area contributed by atoms with E-state index in [9.17, 15) is 8.42 Å². The van der Waals surface area contributed by atoms with Gasteiger partial charge in [-0.3, -0.25) is 9.21 Å². The fourth-order valence-electron chi connectivity index (χ4n) is 5.31. The van der Waals surface area contributed by atoms with Crippen molar-refractivity contribution < 1.29 is 8.42 Å². The van der Waals surface area contributed by atoms with E-state index in [1.54, 1.807) is 28.8 Å². The highest BCUT2D eigenvalue weighted by molar-refractivity contribution is 7.94. The second-order valence-corrected chi connectivity index (χ2v) is 15.4. The van der Waals surface area contributed by atoms with Crippen LogP contribution in [0.1, 0.15) is 52.3 Å². The number of H-pyrrole nitrogens is 1. The second-order valence-electron chi connectivity index (χ2n) is 11.3. The first-order valence-electron chi connectivity index (χ1n) is 12.9. The van der Waals surface area contributed by atoms with Crippen molar-refractivity contribution >= 4 is 49.3 Å². The molecule has 0 unspecified atom stereocenters. The van der Waals surface area contributed by atoms with Crippen molar-refractivity contribution in [1.82, 2.24) is 14.9 Å². The van der Waals surface area contributed by atoms with Gasteiger partial charge in [0.1, 0.15) is 9.22 Å². The lowest BCUT2D eigenvalue weighted by Gasteiger charge is -2.38. The van der Waals surface area contributed by atoms with Gasteiger partial charge in [-0.25, -0.2) is 13.4 Å². The number of nitrogens with one attached hydrogen (secondary N) is 1. The number of nitrogens with zero attached hydrogens (tertiary/aromatic N) is 3. The van der Waals surface area contributed by atoms with E-state index in [4.69, 9.17) is 4.98 Å². The van der Waals surface area contributed by atoms with Gasteiger partial charge in [0.25, 0.3) is 10.0 Å². The van der Waals surface area contributed by atoms with Gasteiger partial charge in [-0.15, -0.1) is 22.7 Å². The van der Waals surface area contributed by atoms with Crippen LogP contribution in [0.25, 0.3) is 21.6 Å². The average Bonchev–Trinajstić information content (AvgIpc) is 3.59. The van der Waals surface area contributed by atoms with Crippen molar-refractivity contribution in [1.29, 1.82) is 0 Å². The highest BCUT2D eigenvalue weighted by Crippen LogP contribution is 2.38. The first-order chi connectivity index (χ1) is 17.5. The molecular formula is C28H36N4O2S3. The molecule has 1 aromatic carbocycles. The molecule has 4 heterocycles. The molecule has 0 amide bonds. The molecule has 0 atom stereocenters. The Labute approximate surface area is 228 Å². The molecule has 37 heavy (non-hydrogen) atoms. The molecule has 1 N–H and O–H groups in total. The van der Waals surface area contributed by atoms with E-state index < -0.39 is 10.0 Å². The Bertz CT molecular complexity index is 1450. The number of hydrogen-bond donors (Lipinski definition) is 1. The molecule has 0 saturated carbocycles. The summed E-state index contributed by atoms with van der Waals surface area (Å²) < 4.78 is 28.9. The maximum Gasteiger partial charge on any atom is 0.274 e. The topological polar surface area (TPSA) is 69.3 Å². The summed E-state index contributed by atoms with van der Waals surface area (Å²) in [5.74, 6) is 0.787. The molecule has 0 aliphatic carbocycles. The van der Waals surface area contributed by atoms with Gasteiger partial charge in [0.05, 0.1) is 16.9 Å². The van der Waals surface area contributed by atoms with Crippen molar-refractivity contribution in [2.45, 2.75) is 64.3 Å². The number of hydrogen-bond acceptors (Lipinski definition) is 6. The number of sulfonamides is 1. The summed E-state index contributed by atoms with van der Waals surface area (Å²) in [6, 6.07) is 11.1. The Hall–Kier alpha value is -2.20. The highest BCUT2D eigenvalue weighted by atomic mass is 32.2. The third-order valence-electron chi connectivity index (χ3n) is 7.32. The number of benzene rings is 1. The predicted octanol–water partition coefficient (Wildman–Crippen LogP) is 7.21. The predicted molar refractivity (Wildman–Crippen MR) is 156 cm³/mol. The zero-order chi connectivity index (χ0) is 26.4. The maximum atomic E-state index is 13.5. The molecule has 9 heteroatoms. The number of para-hydroxylation sites is 1. The Kier molecular flexibility index (Phi) is 7.26. The van der Waals surface area contributed by atoms with Gasteiger partial charge in [-0.1, -0.05) is 39.0 Å². The minimum Gasteiger partial charge on any atom is -0.351 e. The molecule has 198 valence electrons. The van der Waals surface area contributed by atoms with Gasteiger partial charge in [-0.05, 0) is 74.7 Å². The maximum absolute atomic E-state index is 13.5. The van der Waals surface area contributed by atoms with E-state index in [0.717, 1.165) is 47.2 Å². The summed E-state index contributed by atoms with van der Waals surface area (Å²) >= 11 is 2.95. The van der Waals surface area contributed by atoms with E-state index in [1.165, 1.54) is 33.4 Å². The molecule has 0 radical (unpaired) electrons. The zero-order valence-electron chi connectivity index (χ0n) is 22.2. The van der Waals surface area contributed by atoms with Gasteiger partial charge in [-0.2, -0.15) is 0 Å². The van der Waals surface area contributed by atoms with Gasteiger partial charge < -0.3 is 4.98 Å². The quantitative estimate of drug-likeness (QED) is 0.261. The van der Waals surface area contributed by atoms with Crippen LogP contribution in [0.2, 0.25) is 0 Å². The highest BCUT2D eigenvalue weighted by Gasteiger charge is 2.31. The molecule has 4 aromatic rings. The first-order valence-corrected chi connectivity index (χ1v) is 16.0. The molecular weight excluding hydrogens is 521 g/mol. The minimum absolute atomic E-state index is 0.238. The molecule has 5 rings (SSSR count). The third kappa shape index (κ3) is 5.37. The number of rotatable bonds is 7. The van der Waals surface area contributed by atoms with Crippen LogP contribution < -0.4 is 4.31 Å². The summed E-state index contributed by atoms with van der Waals surface area (Å²) in [6.07, 6.45) is 4.49. The average molecular weight is 557 g/mol. The van der Waals surface area contributed by atoms with Crippen LogP contribution in [0.4, 0.5) is 5.69 Å². The normalized spacial score (nSPS) is 16.2. The van der Waals surface area contributed by atoms with Crippen LogP contribution in [-0.2, 0) is 16.6 Å². The van der Waals surface area contributed by atoms with Crippen LogP contribution in [0.3, 0.4) is 0 Å². The summed E-state index contributed by atoms with van der Waals surface area (Å²) in [6.45, 7) is 14.1. The van der Waals surface area contributed by atoms with Crippen LogP contribution in [0.5, 0.6) is 0 Å². The van der Waals surface area contributed by atoms with E-state index in [0.29, 0.717) is 15.3 Å². The van der Waals surface area contributed by atoms with Crippen molar-refractivity contribution in [3.05, 3.63) is 52.9 Å². The largest absolute Gasteiger partial charge is 0.351 e. The molecule has 1 fully saturated rings. The first kappa shape index (κ1) is 26.4. The van der Waals surface area contributed by atoms with E-state index in [1.807, 2.05) is 38.2 Å². The molecule has 1 aliphatic rings. The summed E-state index contributed by atoms with van der Waals surface area (Å²) in [5.41, 5.74) is 2.77.